The van der Waals surface area contributed by atoms with Crippen LogP contribution in [-0.2, 0) is 4.74 Å². The van der Waals surface area contributed by atoms with Crippen LogP contribution in [-0.4, -0.2) is 37.8 Å². The van der Waals surface area contributed by atoms with E-state index in [0.717, 1.165) is 25.7 Å². The highest BCUT2D eigenvalue weighted by molar-refractivity contribution is 7.99. The van der Waals surface area contributed by atoms with Crippen LogP contribution < -0.4 is 5.32 Å². The minimum Gasteiger partial charge on any atom is -0.380 e. The van der Waals surface area contributed by atoms with Crippen molar-refractivity contribution in [3.63, 3.8) is 0 Å². The Balaban J connectivity index is 1.57. The van der Waals surface area contributed by atoms with E-state index < -0.39 is 0 Å². The Morgan fingerprint density at radius 2 is 2.38 bits per heavy atom. The minimum atomic E-state index is 0.436. The number of ether oxygens (including phenoxy) is 1. The van der Waals surface area contributed by atoms with Crippen LogP contribution in [0.2, 0.25) is 0 Å². The molecule has 1 unspecified atom stereocenters. The van der Waals surface area contributed by atoms with E-state index >= 15 is 0 Å². The molecule has 0 aromatic rings. The van der Waals surface area contributed by atoms with Gasteiger partial charge in [-0.25, -0.2) is 0 Å². The van der Waals surface area contributed by atoms with E-state index in [-0.39, 0.29) is 0 Å². The van der Waals surface area contributed by atoms with Crippen molar-refractivity contribution in [2.24, 2.45) is 11.3 Å². The van der Waals surface area contributed by atoms with Crippen molar-refractivity contribution in [2.45, 2.75) is 13.3 Å². The van der Waals surface area contributed by atoms with Gasteiger partial charge in [0.1, 0.15) is 0 Å². The summed E-state index contributed by atoms with van der Waals surface area (Å²) in [6.07, 6.45) is 1.41. The highest BCUT2D eigenvalue weighted by Gasteiger charge is 2.32. The van der Waals surface area contributed by atoms with E-state index in [1.54, 1.807) is 0 Å². The maximum Gasteiger partial charge on any atom is 0.0554 e. The van der Waals surface area contributed by atoms with Crippen LogP contribution in [0.5, 0.6) is 0 Å². The highest BCUT2D eigenvalue weighted by atomic mass is 32.2. The molecule has 0 aliphatic carbocycles. The molecule has 2 rings (SSSR count). The first-order valence-corrected chi connectivity index (χ1v) is 6.30. The predicted octanol–water partition coefficient (Wildman–Crippen LogP) is 1.37. The molecule has 76 valence electrons. The van der Waals surface area contributed by atoms with Gasteiger partial charge in [-0.1, -0.05) is 6.92 Å². The van der Waals surface area contributed by atoms with Gasteiger partial charge in [0.05, 0.1) is 13.2 Å². The summed E-state index contributed by atoms with van der Waals surface area (Å²) in [6, 6.07) is 0. The van der Waals surface area contributed by atoms with Crippen molar-refractivity contribution in [1.82, 2.24) is 5.32 Å². The molecular formula is C10H19NOS. The van der Waals surface area contributed by atoms with E-state index in [0.29, 0.717) is 5.41 Å². The number of rotatable bonds is 4. The Kier molecular flexibility index (Phi) is 3.17. The quantitative estimate of drug-likeness (QED) is 0.742. The van der Waals surface area contributed by atoms with Crippen LogP contribution in [0.15, 0.2) is 0 Å². The third-order valence-electron chi connectivity index (χ3n) is 2.91. The topological polar surface area (TPSA) is 21.3 Å². The Hall–Kier alpha value is 0.270. The summed E-state index contributed by atoms with van der Waals surface area (Å²) in [4.78, 5) is 0. The molecule has 3 heteroatoms. The molecule has 2 aliphatic heterocycles. The first-order valence-electron chi connectivity index (χ1n) is 5.15. The molecule has 1 N–H and O–H groups in total. The largest absolute Gasteiger partial charge is 0.380 e. The molecule has 2 saturated heterocycles. The molecule has 13 heavy (non-hydrogen) atoms. The van der Waals surface area contributed by atoms with Gasteiger partial charge in [-0.3, -0.25) is 0 Å². The summed E-state index contributed by atoms with van der Waals surface area (Å²) >= 11 is 2.10. The first-order chi connectivity index (χ1) is 6.29. The molecule has 2 fully saturated rings. The monoisotopic (exact) mass is 201 g/mol. The first kappa shape index (κ1) is 9.81. The Morgan fingerprint density at radius 1 is 1.54 bits per heavy atom. The van der Waals surface area contributed by atoms with E-state index in [4.69, 9.17) is 4.74 Å². The molecule has 1 atom stereocenters. The maximum absolute atomic E-state index is 5.22. The summed E-state index contributed by atoms with van der Waals surface area (Å²) in [5, 5.41) is 3.58. The molecule has 0 amide bonds. The summed E-state index contributed by atoms with van der Waals surface area (Å²) in [5.74, 6) is 3.65. The molecule has 2 aliphatic rings. The number of hydrogen-bond acceptors (Lipinski definition) is 3. The Morgan fingerprint density at radius 3 is 2.92 bits per heavy atom. The van der Waals surface area contributed by atoms with Crippen LogP contribution >= 0.6 is 11.8 Å². The fourth-order valence-corrected chi connectivity index (χ4v) is 3.16. The molecule has 0 spiro atoms. The average molecular weight is 201 g/mol. The van der Waals surface area contributed by atoms with Crippen LogP contribution in [0.3, 0.4) is 0 Å². The Bertz CT molecular complexity index is 164. The van der Waals surface area contributed by atoms with Gasteiger partial charge in [0.2, 0.25) is 0 Å². The molecule has 2 nitrogen and oxygen atoms in total. The van der Waals surface area contributed by atoms with Crippen molar-refractivity contribution in [1.29, 1.82) is 0 Å². The lowest BCUT2D eigenvalue weighted by Gasteiger charge is -2.38. The van der Waals surface area contributed by atoms with Gasteiger partial charge in [-0.2, -0.15) is 11.8 Å². The average Bonchev–Trinajstić information content (AvgIpc) is 2.54. The SMILES string of the molecule is CC1(CNCC2CCSC2)COC1. The second-order valence-electron chi connectivity index (χ2n) is 4.66. The molecule has 0 bridgehead atoms. The molecule has 0 saturated carbocycles. The van der Waals surface area contributed by atoms with Gasteiger partial charge in [0.15, 0.2) is 0 Å². The van der Waals surface area contributed by atoms with Crippen molar-refractivity contribution in [2.75, 3.05) is 37.8 Å². The van der Waals surface area contributed by atoms with Crippen LogP contribution in [0.25, 0.3) is 0 Å². The van der Waals surface area contributed by atoms with Crippen LogP contribution in [0.4, 0.5) is 0 Å². The molecule has 0 radical (unpaired) electrons. The fraction of sp³-hybridized carbons (Fsp3) is 1.00. The predicted molar refractivity (Wildman–Crippen MR) is 57.2 cm³/mol. The molecule has 0 aromatic heterocycles. The summed E-state index contributed by atoms with van der Waals surface area (Å²) < 4.78 is 5.22. The summed E-state index contributed by atoms with van der Waals surface area (Å²) in [5.41, 5.74) is 0.436. The van der Waals surface area contributed by atoms with Crippen molar-refractivity contribution in [3.05, 3.63) is 0 Å². The number of thioether (sulfide) groups is 1. The van der Waals surface area contributed by atoms with Gasteiger partial charge in [0.25, 0.3) is 0 Å². The van der Waals surface area contributed by atoms with Crippen molar-refractivity contribution in [3.8, 4) is 0 Å². The van der Waals surface area contributed by atoms with E-state index in [1.807, 2.05) is 0 Å². The van der Waals surface area contributed by atoms with E-state index in [9.17, 15) is 0 Å². The third kappa shape index (κ3) is 2.61. The van der Waals surface area contributed by atoms with Crippen molar-refractivity contribution >= 4 is 11.8 Å². The number of hydrogen-bond donors (Lipinski definition) is 1. The van der Waals surface area contributed by atoms with Gasteiger partial charge in [-0.05, 0) is 30.4 Å². The zero-order valence-corrected chi connectivity index (χ0v) is 9.16. The van der Waals surface area contributed by atoms with E-state index in [2.05, 4.69) is 24.0 Å². The van der Waals surface area contributed by atoms with Crippen LogP contribution in [0.1, 0.15) is 13.3 Å². The zero-order valence-electron chi connectivity index (χ0n) is 8.34. The van der Waals surface area contributed by atoms with Gasteiger partial charge < -0.3 is 10.1 Å². The lowest BCUT2D eigenvalue weighted by atomic mass is 9.88. The summed E-state index contributed by atoms with van der Waals surface area (Å²) in [6.45, 7) is 6.53. The van der Waals surface area contributed by atoms with E-state index in [1.165, 1.54) is 24.5 Å². The van der Waals surface area contributed by atoms with Crippen molar-refractivity contribution < 1.29 is 4.74 Å². The Labute approximate surface area is 84.8 Å². The zero-order chi connectivity index (χ0) is 9.15. The van der Waals surface area contributed by atoms with Crippen LogP contribution in [0, 0.1) is 11.3 Å². The maximum atomic E-state index is 5.22. The fourth-order valence-electron chi connectivity index (χ4n) is 1.87. The number of nitrogens with one attached hydrogen (secondary N) is 1. The molecule has 0 aromatic carbocycles. The van der Waals surface area contributed by atoms with Gasteiger partial charge in [0, 0.05) is 12.0 Å². The smallest absolute Gasteiger partial charge is 0.0554 e. The standard InChI is InChI=1S/C10H19NOS/c1-10(7-12-8-10)6-11-4-9-2-3-13-5-9/h9,11H,2-8H2,1H3. The minimum absolute atomic E-state index is 0.436. The van der Waals surface area contributed by atoms with Gasteiger partial charge in [-0.15, -0.1) is 0 Å². The highest BCUT2D eigenvalue weighted by Crippen LogP contribution is 2.26. The third-order valence-corrected chi connectivity index (χ3v) is 4.14. The molecule has 2 heterocycles. The second-order valence-corrected chi connectivity index (χ2v) is 5.81. The normalized spacial score (nSPS) is 31.6. The lowest BCUT2D eigenvalue weighted by Crippen LogP contribution is -2.48. The lowest BCUT2D eigenvalue weighted by molar-refractivity contribution is -0.0991. The molecular weight excluding hydrogens is 182 g/mol. The van der Waals surface area contributed by atoms with Gasteiger partial charge >= 0.3 is 0 Å². The second kappa shape index (κ2) is 4.20. The summed E-state index contributed by atoms with van der Waals surface area (Å²) in [7, 11) is 0.